The van der Waals surface area contributed by atoms with Crippen LogP contribution in [-0.4, -0.2) is 18.5 Å². The molecule has 2 nitrogen and oxygen atoms in total. The van der Waals surface area contributed by atoms with E-state index in [9.17, 15) is 0 Å². The predicted octanol–water partition coefficient (Wildman–Crippen LogP) is 2.12. The summed E-state index contributed by atoms with van der Waals surface area (Å²) < 4.78 is 0. The smallest absolute Gasteiger partial charge is 0.0427 e. The van der Waals surface area contributed by atoms with Crippen molar-refractivity contribution in [3.05, 3.63) is 59.9 Å². The van der Waals surface area contributed by atoms with E-state index in [1.165, 1.54) is 11.3 Å². The van der Waals surface area contributed by atoms with Crippen molar-refractivity contribution in [2.24, 2.45) is 0 Å². The third-order valence-electron chi connectivity index (χ3n) is 2.53. The molecule has 0 fully saturated rings. The number of allylic oxidation sites excluding steroid dienone is 1. The number of nitrogens with one attached hydrogen (secondary N) is 1. The maximum Gasteiger partial charge on any atom is 0.0427 e. The van der Waals surface area contributed by atoms with Crippen LogP contribution in [0.25, 0.3) is 0 Å². The molecule has 0 spiro atoms. The first-order chi connectivity index (χ1) is 7.38. The van der Waals surface area contributed by atoms with E-state index in [4.69, 9.17) is 0 Å². The zero-order valence-electron chi connectivity index (χ0n) is 8.98. The van der Waals surface area contributed by atoms with Crippen LogP contribution in [0, 0.1) is 0 Å². The monoisotopic (exact) mass is 200 g/mol. The van der Waals surface area contributed by atoms with Crippen LogP contribution in [0.4, 0.5) is 0 Å². The lowest BCUT2D eigenvalue weighted by Gasteiger charge is -2.22. The quantitative estimate of drug-likeness (QED) is 0.804. The van der Waals surface area contributed by atoms with E-state index in [0.29, 0.717) is 0 Å². The molecule has 1 aromatic carbocycles. The van der Waals surface area contributed by atoms with Gasteiger partial charge in [-0.3, -0.25) is 0 Å². The van der Waals surface area contributed by atoms with Gasteiger partial charge in [-0.2, -0.15) is 0 Å². The van der Waals surface area contributed by atoms with Gasteiger partial charge in [-0.15, -0.1) is 0 Å². The van der Waals surface area contributed by atoms with Crippen LogP contribution in [0.3, 0.4) is 0 Å². The third-order valence-corrected chi connectivity index (χ3v) is 2.53. The molecule has 0 aromatic heterocycles. The van der Waals surface area contributed by atoms with Crippen LogP contribution in [-0.2, 0) is 6.54 Å². The molecular weight excluding hydrogens is 184 g/mol. The van der Waals surface area contributed by atoms with Gasteiger partial charge in [0.15, 0.2) is 0 Å². The van der Waals surface area contributed by atoms with Gasteiger partial charge in [-0.05, 0) is 17.7 Å². The molecule has 0 unspecified atom stereocenters. The molecule has 2 heteroatoms. The molecule has 0 bridgehead atoms. The van der Waals surface area contributed by atoms with Gasteiger partial charge < -0.3 is 10.2 Å². The number of benzene rings is 1. The van der Waals surface area contributed by atoms with Crippen molar-refractivity contribution in [2.45, 2.75) is 6.54 Å². The second-order valence-electron chi connectivity index (χ2n) is 3.64. The topological polar surface area (TPSA) is 15.3 Å². The molecule has 1 aromatic rings. The Hall–Kier alpha value is -1.70. The highest BCUT2D eigenvalue weighted by Gasteiger charge is 2.03. The Bertz CT molecular complexity index is 365. The fourth-order valence-corrected chi connectivity index (χ4v) is 1.65. The Labute approximate surface area is 90.9 Å². The number of rotatable bonds is 3. The summed E-state index contributed by atoms with van der Waals surface area (Å²) in [5, 5.41) is 3.14. The molecule has 78 valence electrons. The molecule has 1 heterocycles. The van der Waals surface area contributed by atoms with Gasteiger partial charge in [0.05, 0.1) is 0 Å². The highest BCUT2D eigenvalue weighted by molar-refractivity contribution is 5.22. The van der Waals surface area contributed by atoms with Gasteiger partial charge in [-0.1, -0.05) is 30.3 Å². The highest BCUT2D eigenvalue weighted by Crippen LogP contribution is 2.09. The number of hydrogen-bond acceptors (Lipinski definition) is 2. The Morgan fingerprint density at radius 3 is 2.67 bits per heavy atom. The van der Waals surface area contributed by atoms with Crippen molar-refractivity contribution in [3.63, 3.8) is 0 Å². The van der Waals surface area contributed by atoms with Crippen LogP contribution in [0.15, 0.2) is 54.4 Å². The van der Waals surface area contributed by atoms with Gasteiger partial charge in [-0.25, -0.2) is 0 Å². The van der Waals surface area contributed by atoms with E-state index < -0.39 is 0 Å². The van der Waals surface area contributed by atoms with Gasteiger partial charge in [0.2, 0.25) is 0 Å². The van der Waals surface area contributed by atoms with E-state index in [1.54, 1.807) is 0 Å². The van der Waals surface area contributed by atoms with Crippen LogP contribution >= 0.6 is 0 Å². The van der Waals surface area contributed by atoms with Crippen molar-refractivity contribution in [2.75, 3.05) is 13.6 Å². The lowest BCUT2D eigenvalue weighted by atomic mass is 10.2. The fourth-order valence-electron chi connectivity index (χ4n) is 1.65. The van der Waals surface area contributed by atoms with Crippen molar-refractivity contribution < 1.29 is 0 Å². The summed E-state index contributed by atoms with van der Waals surface area (Å²) in [6.07, 6.45) is 6.44. The number of likely N-dealkylation sites (N-methyl/N-ethyl adjacent to an activating group) is 1. The van der Waals surface area contributed by atoms with E-state index in [0.717, 1.165) is 13.1 Å². The predicted molar refractivity (Wildman–Crippen MR) is 63.1 cm³/mol. The van der Waals surface area contributed by atoms with Crippen LogP contribution in [0.1, 0.15) is 5.56 Å². The molecule has 1 N–H and O–H groups in total. The maximum atomic E-state index is 3.14. The first-order valence-corrected chi connectivity index (χ1v) is 5.22. The summed E-state index contributed by atoms with van der Waals surface area (Å²) in [5.41, 5.74) is 2.54. The van der Waals surface area contributed by atoms with Crippen molar-refractivity contribution in [1.29, 1.82) is 0 Å². The molecule has 1 aliphatic heterocycles. The lowest BCUT2D eigenvalue weighted by molar-refractivity contribution is 0.402. The van der Waals surface area contributed by atoms with Crippen molar-refractivity contribution in [1.82, 2.24) is 10.2 Å². The summed E-state index contributed by atoms with van der Waals surface area (Å²) in [7, 11) is 1.95. The Morgan fingerprint density at radius 1 is 1.27 bits per heavy atom. The van der Waals surface area contributed by atoms with Crippen LogP contribution < -0.4 is 5.32 Å². The number of hydrogen-bond donors (Lipinski definition) is 1. The minimum Gasteiger partial charge on any atom is -0.388 e. The third kappa shape index (κ3) is 2.62. The van der Waals surface area contributed by atoms with Crippen LogP contribution in [0.5, 0.6) is 0 Å². The van der Waals surface area contributed by atoms with E-state index in [2.05, 4.69) is 58.9 Å². The van der Waals surface area contributed by atoms with Gasteiger partial charge in [0.25, 0.3) is 0 Å². The molecule has 1 aliphatic rings. The highest BCUT2D eigenvalue weighted by atomic mass is 15.1. The molecule has 0 radical (unpaired) electrons. The molecule has 0 saturated heterocycles. The number of nitrogens with zero attached hydrogens (tertiary/aromatic N) is 1. The largest absolute Gasteiger partial charge is 0.388 e. The van der Waals surface area contributed by atoms with Gasteiger partial charge in [0, 0.05) is 32.0 Å². The summed E-state index contributed by atoms with van der Waals surface area (Å²) in [6.45, 7) is 1.95. The zero-order chi connectivity index (χ0) is 10.5. The van der Waals surface area contributed by atoms with Gasteiger partial charge >= 0.3 is 0 Å². The second kappa shape index (κ2) is 4.69. The van der Waals surface area contributed by atoms with Crippen LogP contribution in [0.2, 0.25) is 0 Å². The standard InChI is InChI=1S/C13H16N2/c1-14-13-7-9-15(10-8-13)11-12-5-3-2-4-6-12/h2-9,14H,10-11H2,1H3. The maximum absolute atomic E-state index is 3.14. The molecule has 2 rings (SSSR count). The average Bonchev–Trinajstić information content (AvgIpc) is 2.31. The van der Waals surface area contributed by atoms with Gasteiger partial charge in [0.1, 0.15) is 0 Å². The average molecular weight is 200 g/mol. The molecule has 0 aliphatic carbocycles. The van der Waals surface area contributed by atoms with E-state index in [-0.39, 0.29) is 0 Å². The molecule has 0 atom stereocenters. The lowest BCUT2D eigenvalue weighted by Crippen LogP contribution is -2.21. The first kappa shape index (κ1) is 9.84. The fraction of sp³-hybridized carbons (Fsp3) is 0.231. The minimum atomic E-state index is 0.974. The summed E-state index contributed by atoms with van der Waals surface area (Å²) in [4.78, 5) is 2.29. The van der Waals surface area contributed by atoms with Crippen molar-refractivity contribution >= 4 is 0 Å². The molecule has 15 heavy (non-hydrogen) atoms. The minimum absolute atomic E-state index is 0.974. The Morgan fingerprint density at radius 2 is 2.07 bits per heavy atom. The molecule has 0 saturated carbocycles. The Kier molecular flexibility index (Phi) is 3.08. The summed E-state index contributed by atoms with van der Waals surface area (Å²) >= 11 is 0. The Balaban J connectivity index is 1.94. The molecular formula is C13H16N2. The summed E-state index contributed by atoms with van der Waals surface area (Å²) in [6, 6.07) is 10.5. The first-order valence-electron chi connectivity index (χ1n) is 5.22. The van der Waals surface area contributed by atoms with E-state index in [1.807, 2.05) is 7.05 Å². The van der Waals surface area contributed by atoms with Crippen molar-refractivity contribution in [3.8, 4) is 0 Å². The molecule has 0 amide bonds. The second-order valence-corrected chi connectivity index (χ2v) is 3.64. The zero-order valence-corrected chi connectivity index (χ0v) is 8.98. The normalized spacial score (nSPS) is 15.0. The van der Waals surface area contributed by atoms with E-state index >= 15 is 0 Å². The summed E-state index contributed by atoms with van der Waals surface area (Å²) in [5.74, 6) is 0. The SMILES string of the molecule is CNC1=CCN(Cc2ccccc2)C=C1.